The van der Waals surface area contributed by atoms with Crippen LogP contribution in [-0.4, -0.2) is 39.8 Å². The zero-order valence-electron chi connectivity index (χ0n) is 14.0. The molecule has 11 heteroatoms. The minimum absolute atomic E-state index is 0. The summed E-state index contributed by atoms with van der Waals surface area (Å²) in [7, 11) is -3.58. The van der Waals surface area contributed by atoms with Gasteiger partial charge in [-0.3, -0.25) is 0 Å². The molecule has 144 valence electrons. The molecule has 7 nitrogen and oxygen atoms in total. The molecular formula is C14H23F2IN4O3S. The molecule has 0 radical (unpaired) electrons. The number of alkyl halides is 2. The highest BCUT2D eigenvalue weighted by atomic mass is 127. The number of aryl methyl sites for hydroxylation is 1. The first-order valence-electron chi connectivity index (χ1n) is 7.28. The fourth-order valence-corrected chi connectivity index (χ4v) is 2.25. The Labute approximate surface area is 163 Å². The fraction of sp³-hybridized carbons (Fsp3) is 0.500. The maximum absolute atomic E-state index is 12.4. The largest absolute Gasteiger partial charge is 0.434 e. The number of benzene rings is 1. The van der Waals surface area contributed by atoms with Gasteiger partial charge in [-0.15, -0.1) is 24.0 Å². The summed E-state index contributed by atoms with van der Waals surface area (Å²) in [5.41, 5.74) is 1.38. The van der Waals surface area contributed by atoms with Gasteiger partial charge in [-0.25, -0.2) is 18.5 Å². The van der Waals surface area contributed by atoms with Gasteiger partial charge in [0.1, 0.15) is 5.75 Å². The zero-order chi connectivity index (χ0) is 18.2. The van der Waals surface area contributed by atoms with Crippen LogP contribution in [0.3, 0.4) is 0 Å². The predicted molar refractivity (Wildman–Crippen MR) is 104 cm³/mol. The molecule has 0 aliphatic rings. The van der Waals surface area contributed by atoms with Gasteiger partial charge in [-0.2, -0.15) is 8.78 Å². The molecule has 0 aliphatic carbocycles. The van der Waals surface area contributed by atoms with E-state index in [2.05, 4.69) is 20.4 Å². The summed E-state index contributed by atoms with van der Waals surface area (Å²) in [6.07, 6.45) is 0. The van der Waals surface area contributed by atoms with Crippen molar-refractivity contribution in [1.82, 2.24) is 10.6 Å². The number of halogens is 3. The molecule has 0 aliphatic heterocycles. The molecule has 0 bridgehead atoms. The maximum Gasteiger partial charge on any atom is 0.387 e. The molecule has 0 saturated carbocycles. The van der Waals surface area contributed by atoms with Crippen LogP contribution in [0.15, 0.2) is 23.2 Å². The Balaban J connectivity index is 0.00000576. The summed E-state index contributed by atoms with van der Waals surface area (Å²) in [5, 5.41) is 10.7. The number of rotatable bonds is 8. The van der Waals surface area contributed by atoms with Crippen molar-refractivity contribution in [2.75, 3.05) is 18.8 Å². The van der Waals surface area contributed by atoms with Crippen LogP contribution in [0.1, 0.15) is 18.1 Å². The number of aliphatic imine (C=N–C) groups is 1. The first-order valence-corrected chi connectivity index (χ1v) is 9.00. The first-order chi connectivity index (χ1) is 11.2. The Hall–Kier alpha value is -1.21. The second kappa shape index (κ2) is 11.4. The minimum Gasteiger partial charge on any atom is -0.434 e. The van der Waals surface area contributed by atoms with E-state index >= 15 is 0 Å². The van der Waals surface area contributed by atoms with Gasteiger partial charge in [0.05, 0.1) is 12.3 Å². The van der Waals surface area contributed by atoms with Gasteiger partial charge in [0.2, 0.25) is 10.0 Å². The van der Waals surface area contributed by atoms with Crippen molar-refractivity contribution in [2.24, 2.45) is 10.1 Å². The average molecular weight is 492 g/mol. The van der Waals surface area contributed by atoms with E-state index in [-0.39, 0.29) is 48.6 Å². The van der Waals surface area contributed by atoms with E-state index < -0.39 is 16.6 Å². The van der Waals surface area contributed by atoms with Crippen molar-refractivity contribution >= 4 is 40.0 Å². The first kappa shape index (κ1) is 23.8. The SMILES string of the molecule is CCNC(=NCc1cc(C)ccc1OC(F)F)NCCS(N)(=O)=O.I. The second-order valence-corrected chi connectivity index (χ2v) is 6.71. The number of nitrogens with two attached hydrogens (primary N) is 1. The molecular weight excluding hydrogens is 469 g/mol. The van der Waals surface area contributed by atoms with Crippen LogP contribution in [-0.2, 0) is 16.6 Å². The highest BCUT2D eigenvalue weighted by Crippen LogP contribution is 2.22. The lowest BCUT2D eigenvalue weighted by molar-refractivity contribution is -0.0504. The Kier molecular flexibility index (Phi) is 10.9. The van der Waals surface area contributed by atoms with Crippen LogP contribution in [0.2, 0.25) is 0 Å². The van der Waals surface area contributed by atoms with Gasteiger partial charge < -0.3 is 15.4 Å². The van der Waals surface area contributed by atoms with E-state index in [1.54, 1.807) is 12.1 Å². The molecule has 1 aromatic rings. The molecule has 0 saturated heterocycles. The number of nitrogens with one attached hydrogen (secondary N) is 2. The molecule has 0 unspecified atom stereocenters. The van der Waals surface area contributed by atoms with Gasteiger partial charge in [-0.1, -0.05) is 17.7 Å². The Morgan fingerprint density at radius 2 is 2.04 bits per heavy atom. The summed E-state index contributed by atoms with van der Waals surface area (Å²) in [6.45, 7) is 1.48. The standard InChI is InChI=1S/C14H22F2N4O3S.HI/c1-3-18-14(19-6-7-24(17,21)22)20-9-11-8-10(2)4-5-12(11)23-13(15)16;/h4-5,8,13H,3,6-7,9H2,1-2H3,(H2,17,21,22)(H2,18,19,20);1H. The van der Waals surface area contributed by atoms with E-state index in [9.17, 15) is 17.2 Å². The lowest BCUT2D eigenvalue weighted by Crippen LogP contribution is -2.40. The van der Waals surface area contributed by atoms with Crippen molar-refractivity contribution in [3.8, 4) is 5.75 Å². The molecule has 1 rings (SSSR count). The fourth-order valence-electron chi connectivity index (χ4n) is 1.86. The lowest BCUT2D eigenvalue weighted by atomic mass is 10.1. The number of sulfonamides is 1. The Morgan fingerprint density at radius 1 is 1.36 bits per heavy atom. The molecule has 1 aromatic carbocycles. The number of hydrogen-bond donors (Lipinski definition) is 3. The van der Waals surface area contributed by atoms with Gasteiger partial charge in [0.25, 0.3) is 0 Å². The van der Waals surface area contributed by atoms with Crippen LogP contribution >= 0.6 is 24.0 Å². The van der Waals surface area contributed by atoms with Crippen LogP contribution in [0.25, 0.3) is 0 Å². The number of nitrogens with zero attached hydrogens (tertiary/aromatic N) is 1. The third-order valence-corrected chi connectivity index (χ3v) is 3.64. The van der Waals surface area contributed by atoms with Gasteiger partial charge in [0.15, 0.2) is 5.96 Å². The number of guanidine groups is 1. The third-order valence-electron chi connectivity index (χ3n) is 2.86. The Bertz CT molecular complexity index is 672. The van der Waals surface area contributed by atoms with Crippen molar-refractivity contribution in [3.05, 3.63) is 29.3 Å². The van der Waals surface area contributed by atoms with E-state index in [1.807, 2.05) is 13.8 Å². The zero-order valence-corrected chi connectivity index (χ0v) is 17.1. The van der Waals surface area contributed by atoms with Gasteiger partial charge >= 0.3 is 6.61 Å². The van der Waals surface area contributed by atoms with Crippen molar-refractivity contribution < 1.29 is 21.9 Å². The summed E-state index contributed by atoms with van der Waals surface area (Å²) < 4.78 is 51.2. The normalized spacial score (nSPS) is 11.8. The van der Waals surface area contributed by atoms with Crippen LogP contribution in [0.4, 0.5) is 8.78 Å². The van der Waals surface area contributed by atoms with E-state index in [1.165, 1.54) is 6.07 Å². The number of primary sulfonamides is 1. The summed E-state index contributed by atoms with van der Waals surface area (Å²) >= 11 is 0. The monoisotopic (exact) mass is 492 g/mol. The smallest absolute Gasteiger partial charge is 0.387 e. The summed E-state index contributed by atoms with van der Waals surface area (Å²) in [5.74, 6) is 0.159. The van der Waals surface area contributed by atoms with Crippen LogP contribution in [0, 0.1) is 6.92 Å². The van der Waals surface area contributed by atoms with Crippen molar-refractivity contribution in [1.29, 1.82) is 0 Å². The molecule has 0 atom stereocenters. The molecule has 0 fully saturated rings. The van der Waals surface area contributed by atoms with Gasteiger partial charge in [0, 0.05) is 18.7 Å². The van der Waals surface area contributed by atoms with Crippen molar-refractivity contribution in [2.45, 2.75) is 27.0 Å². The molecule has 25 heavy (non-hydrogen) atoms. The highest BCUT2D eigenvalue weighted by molar-refractivity contribution is 14.0. The molecule has 0 spiro atoms. The maximum atomic E-state index is 12.4. The predicted octanol–water partition coefficient (Wildman–Crippen LogP) is 1.56. The molecule has 0 aromatic heterocycles. The third kappa shape index (κ3) is 10.4. The van der Waals surface area contributed by atoms with Gasteiger partial charge in [-0.05, 0) is 19.9 Å². The van der Waals surface area contributed by atoms with E-state index in [0.717, 1.165) is 5.56 Å². The highest BCUT2D eigenvalue weighted by Gasteiger charge is 2.10. The topological polar surface area (TPSA) is 106 Å². The summed E-state index contributed by atoms with van der Waals surface area (Å²) in [4.78, 5) is 4.25. The molecule has 4 N–H and O–H groups in total. The quantitative estimate of drug-likeness (QED) is 0.290. The lowest BCUT2D eigenvalue weighted by Gasteiger charge is -2.13. The van der Waals surface area contributed by atoms with Crippen LogP contribution < -0.4 is 20.5 Å². The molecule has 0 heterocycles. The second-order valence-electron chi connectivity index (χ2n) is 4.98. The number of ether oxygens (including phenoxy) is 1. The Morgan fingerprint density at radius 3 is 2.60 bits per heavy atom. The van der Waals surface area contributed by atoms with Crippen LogP contribution in [0.5, 0.6) is 5.75 Å². The van der Waals surface area contributed by atoms with Crippen molar-refractivity contribution in [3.63, 3.8) is 0 Å². The summed E-state index contributed by atoms with van der Waals surface area (Å²) in [6, 6.07) is 4.84. The van der Waals surface area contributed by atoms with E-state index in [0.29, 0.717) is 18.1 Å². The van der Waals surface area contributed by atoms with E-state index in [4.69, 9.17) is 5.14 Å². The number of hydrogen-bond acceptors (Lipinski definition) is 4. The molecule has 0 amide bonds. The minimum atomic E-state index is -3.58. The average Bonchev–Trinajstić information content (AvgIpc) is 2.45.